The Morgan fingerprint density at radius 2 is 1.95 bits per heavy atom. The number of hydrogen-bond donors (Lipinski definition) is 2. The van der Waals surface area contributed by atoms with Gasteiger partial charge in [-0.3, -0.25) is 9.59 Å². The molecule has 1 aliphatic heterocycles. The average Bonchev–Trinajstić information content (AvgIpc) is 3.48. The number of aliphatic carboxylic acids is 1. The lowest BCUT2D eigenvalue weighted by Gasteiger charge is -2.29. The highest BCUT2D eigenvalue weighted by atomic mass is 32.1. The summed E-state index contributed by atoms with van der Waals surface area (Å²) in [6.45, 7) is 13.7. The second kappa shape index (κ2) is 17.6. The van der Waals surface area contributed by atoms with Crippen LogP contribution in [0.5, 0.6) is 17.2 Å². The molecule has 57 heavy (non-hydrogen) atoms. The maximum absolute atomic E-state index is 14.7. The zero-order valence-electron chi connectivity index (χ0n) is 32.8. The molecule has 2 aromatic heterocycles. The molecule has 13 heteroatoms. The van der Waals surface area contributed by atoms with Gasteiger partial charge in [-0.15, -0.1) is 24.5 Å². The minimum atomic E-state index is -1.50. The van der Waals surface area contributed by atoms with Crippen molar-refractivity contribution in [2.24, 2.45) is 5.92 Å². The molecule has 1 aliphatic carbocycles. The van der Waals surface area contributed by atoms with E-state index in [1.165, 1.54) is 22.3 Å². The van der Waals surface area contributed by atoms with Crippen LogP contribution in [0.15, 0.2) is 73.2 Å². The van der Waals surface area contributed by atoms with E-state index in [0.29, 0.717) is 46.9 Å². The number of benzene rings is 2. The molecule has 2 aliphatic rings. The summed E-state index contributed by atoms with van der Waals surface area (Å²) in [7, 11) is 1.60. The molecular formula is C44H49N5O7S. The number of carboxylic acids is 1. The summed E-state index contributed by atoms with van der Waals surface area (Å²) >= 11 is 1.49. The van der Waals surface area contributed by atoms with E-state index in [2.05, 4.69) is 38.4 Å². The zero-order valence-corrected chi connectivity index (χ0v) is 33.6. The largest absolute Gasteiger partial charge is 0.496 e. The van der Waals surface area contributed by atoms with E-state index in [0.717, 1.165) is 40.9 Å². The molecule has 2 N–H and O–H groups in total. The van der Waals surface area contributed by atoms with Crippen LogP contribution in [0.4, 0.5) is 0 Å². The summed E-state index contributed by atoms with van der Waals surface area (Å²) < 4.78 is 18.7. The van der Waals surface area contributed by atoms with Crippen molar-refractivity contribution in [3.8, 4) is 34.0 Å². The number of allylic oxidation sites excluding steroid dienone is 1. The van der Waals surface area contributed by atoms with Crippen LogP contribution in [0.3, 0.4) is 0 Å². The average molecular weight is 792 g/mol. The number of carbonyl (C=O) groups excluding carboxylic acids is 2. The van der Waals surface area contributed by atoms with E-state index < -0.39 is 47.5 Å². The Morgan fingerprint density at radius 3 is 2.61 bits per heavy atom. The van der Waals surface area contributed by atoms with Crippen molar-refractivity contribution in [2.75, 3.05) is 13.7 Å². The van der Waals surface area contributed by atoms with Gasteiger partial charge in [0.1, 0.15) is 45.6 Å². The number of amides is 2. The number of pyridine rings is 1. The highest BCUT2D eigenvalue weighted by Crippen LogP contribution is 2.45. The first-order chi connectivity index (χ1) is 27.4. The van der Waals surface area contributed by atoms with E-state index in [-0.39, 0.29) is 25.3 Å². The van der Waals surface area contributed by atoms with Crippen molar-refractivity contribution in [1.29, 1.82) is 5.26 Å². The highest BCUT2D eigenvalue weighted by Gasteiger charge is 2.61. The summed E-state index contributed by atoms with van der Waals surface area (Å²) in [6.07, 6.45) is 5.60. The monoisotopic (exact) mass is 791 g/mol. The van der Waals surface area contributed by atoms with Gasteiger partial charge in [0.2, 0.25) is 5.91 Å². The zero-order chi connectivity index (χ0) is 40.9. The fourth-order valence-corrected chi connectivity index (χ4v) is 8.31. The molecule has 2 aromatic carbocycles. The van der Waals surface area contributed by atoms with Crippen LogP contribution < -0.4 is 19.5 Å². The number of nitrogens with zero attached hydrogens (tertiary/aromatic N) is 4. The number of nitrogens with one attached hydrogen (secondary N) is 1. The minimum Gasteiger partial charge on any atom is -0.496 e. The third-order valence-corrected chi connectivity index (χ3v) is 11.6. The van der Waals surface area contributed by atoms with Gasteiger partial charge in [0.15, 0.2) is 6.10 Å². The van der Waals surface area contributed by atoms with Gasteiger partial charge in [-0.25, -0.2) is 14.8 Å². The number of aryl methyl sites for hydroxylation is 1. The molecule has 2 amide bonds. The molecule has 4 aromatic rings. The van der Waals surface area contributed by atoms with Crippen LogP contribution in [0, 0.1) is 24.2 Å². The molecule has 1 saturated carbocycles. The normalized spacial score (nSPS) is 20.4. The first kappa shape index (κ1) is 40.9. The number of ether oxygens (including phenoxy) is 3. The van der Waals surface area contributed by atoms with Gasteiger partial charge in [-0.1, -0.05) is 38.5 Å². The fraction of sp³-hybridized carbons (Fsp3) is 0.409. The standard InChI is InChI=1S/C44H49N5O7S/c1-7-9-10-11-12-16-37(55-30-15-13-14-28(19-30)23-45)42(51)49-24-31(20-35(49)40(50)48-44(43(52)53)22-29(44)8-2)56-38-21-33(41-47-34(25-57-41)26(3)4)46-39-27(5)36(54-6)18-17-32(38)39/h7-8,13-15,17-19,21,25-26,29,31,35,37H,1-2,9-12,16,20,22,24H2,3-6H3,(H,48,50)(H,52,53)/t29-,31-,35+,37?,44-/m1/s1. The summed E-state index contributed by atoms with van der Waals surface area (Å²) in [4.78, 5) is 52.7. The number of methoxy groups -OCH3 is 1. The Morgan fingerprint density at radius 1 is 1.14 bits per heavy atom. The van der Waals surface area contributed by atoms with E-state index >= 15 is 0 Å². The van der Waals surface area contributed by atoms with Gasteiger partial charge in [0.05, 0.1) is 36.5 Å². The molecule has 298 valence electrons. The number of unbranched alkanes of at least 4 members (excludes halogenated alkanes) is 3. The predicted octanol–water partition coefficient (Wildman–Crippen LogP) is 7.75. The number of hydrogen-bond acceptors (Lipinski definition) is 10. The Labute approximate surface area is 337 Å². The van der Waals surface area contributed by atoms with E-state index in [9.17, 15) is 24.8 Å². The molecule has 0 radical (unpaired) electrons. The minimum absolute atomic E-state index is 0.0273. The smallest absolute Gasteiger partial charge is 0.330 e. The lowest BCUT2D eigenvalue weighted by atomic mass is 10.1. The van der Waals surface area contributed by atoms with Crippen molar-refractivity contribution < 1.29 is 33.7 Å². The highest BCUT2D eigenvalue weighted by molar-refractivity contribution is 7.13. The van der Waals surface area contributed by atoms with Crippen LogP contribution in [-0.4, -0.2) is 75.2 Å². The summed E-state index contributed by atoms with van der Waals surface area (Å²) in [6, 6.07) is 13.2. The summed E-state index contributed by atoms with van der Waals surface area (Å²) in [5, 5.41) is 25.9. The number of likely N-dealkylation sites (tertiary alicyclic amines) is 1. The van der Waals surface area contributed by atoms with Crippen molar-refractivity contribution in [2.45, 2.75) is 95.4 Å². The van der Waals surface area contributed by atoms with Crippen LogP contribution in [-0.2, 0) is 14.4 Å². The summed E-state index contributed by atoms with van der Waals surface area (Å²) in [5.74, 6) is -0.889. The summed E-state index contributed by atoms with van der Waals surface area (Å²) in [5.41, 5.74) is 1.93. The Hall–Kier alpha value is -5.74. The number of rotatable bonds is 18. The van der Waals surface area contributed by atoms with Gasteiger partial charge >= 0.3 is 5.97 Å². The Balaban J connectivity index is 1.36. The van der Waals surface area contributed by atoms with Crippen molar-refractivity contribution in [1.82, 2.24) is 20.2 Å². The van der Waals surface area contributed by atoms with Crippen molar-refractivity contribution in [3.63, 3.8) is 0 Å². The van der Waals surface area contributed by atoms with E-state index in [1.54, 1.807) is 31.4 Å². The molecule has 2 fully saturated rings. The fourth-order valence-electron chi connectivity index (χ4n) is 7.37. The van der Waals surface area contributed by atoms with E-state index in [1.807, 2.05) is 36.6 Å². The van der Waals surface area contributed by atoms with Gasteiger partial charge in [-0.05, 0) is 75.3 Å². The van der Waals surface area contributed by atoms with Crippen LogP contribution in [0.2, 0.25) is 0 Å². The topological polar surface area (TPSA) is 164 Å². The number of fused-ring (bicyclic) bond motifs is 1. The van der Waals surface area contributed by atoms with Crippen molar-refractivity contribution >= 4 is 40.0 Å². The second-order valence-electron chi connectivity index (χ2n) is 15.0. The van der Waals surface area contributed by atoms with Gasteiger partial charge in [0, 0.05) is 34.7 Å². The molecule has 0 bridgehead atoms. The molecule has 6 rings (SSSR count). The quantitative estimate of drug-likeness (QED) is 0.0752. The van der Waals surface area contributed by atoms with Crippen molar-refractivity contribution in [3.05, 3.63) is 90.0 Å². The SMILES string of the molecule is C=CCCCCCC(Oc1cccc(C#N)c1)C(=O)N1C[C@H](Oc2cc(-c3nc(C(C)C)cs3)nc3c(C)c(OC)ccc23)C[C@H]1C(=O)N[C@]1(C(=O)O)C[C@H]1C=C. The first-order valence-electron chi connectivity index (χ1n) is 19.3. The molecule has 12 nitrogen and oxygen atoms in total. The second-order valence-corrected chi connectivity index (χ2v) is 15.9. The maximum atomic E-state index is 14.7. The Kier molecular flexibility index (Phi) is 12.6. The van der Waals surface area contributed by atoms with Crippen LogP contribution in [0.25, 0.3) is 21.6 Å². The number of aromatic nitrogens is 2. The van der Waals surface area contributed by atoms with Gasteiger partial charge in [0.25, 0.3) is 5.91 Å². The maximum Gasteiger partial charge on any atom is 0.330 e. The van der Waals surface area contributed by atoms with E-state index in [4.69, 9.17) is 24.2 Å². The molecule has 0 spiro atoms. The number of thiazole rings is 1. The third kappa shape index (κ3) is 8.81. The molecule has 3 heterocycles. The van der Waals surface area contributed by atoms with Gasteiger partial charge in [-0.2, -0.15) is 5.26 Å². The van der Waals surface area contributed by atoms with Crippen LogP contribution >= 0.6 is 11.3 Å². The molecular weight excluding hydrogens is 743 g/mol. The number of nitriles is 1. The Bertz CT molecular complexity index is 2210. The lowest BCUT2D eigenvalue weighted by Crippen LogP contribution is -2.54. The number of carboxylic acid groups (broad SMARTS) is 1. The number of carbonyl (C=O) groups is 3. The molecule has 1 saturated heterocycles. The molecule has 1 unspecified atom stereocenters. The van der Waals surface area contributed by atoms with Gasteiger partial charge < -0.3 is 29.5 Å². The lowest BCUT2D eigenvalue weighted by molar-refractivity contribution is -0.147. The third-order valence-electron chi connectivity index (χ3n) is 10.8. The van der Waals surface area contributed by atoms with Crippen LogP contribution in [0.1, 0.15) is 81.5 Å². The predicted molar refractivity (Wildman–Crippen MR) is 218 cm³/mol. The molecule has 5 atom stereocenters. The first-order valence-corrected chi connectivity index (χ1v) is 20.2.